The Kier molecular flexibility index (Phi) is 3.31. The molecule has 0 amide bonds. The van der Waals surface area contributed by atoms with Gasteiger partial charge in [-0.15, -0.1) is 0 Å². The van der Waals surface area contributed by atoms with Gasteiger partial charge in [-0.2, -0.15) is 0 Å². The molecule has 0 spiro atoms. The first-order valence-corrected chi connectivity index (χ1v) is 4.69. The van der Waals surface area contributed by atoms with E-state index in [9.17, 15) is 0 Å². The molecule has 0 aliphatic carbocycles. The molecule has 70 valence electrons. The number of rotatable bonds is 1. The van der Waals surface area contributed by atoms with E-state index < -0.39 is 0 Å². The third kappa shape index (κ3) is 2.45. The normalized spacial score (nSPS) is 11.5. The van der Waals surface area contributed by atoms with Crippen LogP contribution in [0.2, 0.25) is 0 Å². The van der Waals surface area contributed by atoms with Crippen LogP contribution in [0, 0.1) is 6.92 Å². The molecule has 13 heavy (non-hydrogen) atoms. The standard InChI is InChI=1S/C9H12BrN3/c1-6-7(10)4-3-5-8(6)13-9(11)12-2/h3-5H,1-2H3,(H3,11,12,13). The largest absolute Gasteiger partial charge is 0.370 e. The van der Waals surface area contributed by atoms with Crippen molar-refractivity contribution in [2.24, 2.45) is 10.7 Å². The lowest BCUT2D eigenvalue weighted by molar-refractivity contribution is 1.35. The van der Waals surface area contributed by atoms with Gasteiger partial charge in [0.1, 0.15) is 0 Å². The summed E-state index contributed by atoms with van der Waals surface area (Å²) in [5.74, 6) is 0.418. The predicted molar refractivity (Wildman–Crippen MR) is 60.0 cm³/mol. The van der Waals surface area contributed by atoms with Crippen LogP contribution in [0.25, 0.3) is 0 Å². The topological polar surface area (TPSA) is 50.4 Å². The highest BCUT2D eigenvalue weighted by Gasteiger charge is 2.01. The van der Waals surface area contributed by atoms with Crippen LogP contribution in [-0.2, 0) is 0 Å². The van der Waals surface area contributed by atoms with Gasteiger partial charge in [0.15, 0.2) is 5.96 Å². The van der Waals surface area contributed by atoms with Crippen molar-refractivity contribution in [2.45, 2.75) is 6.92 Å². The molecule has 0 bridgehead atoms. The van der Waals surface area contributed by atoms with Crippen LogP contribution in [-0.4, -0.2) is 13.0 Å². The molecule has 0 heterocycles. The Balaban J connectivity index is 2.96. The average molecular weight is 242 g/mol. The monoisotopic (exact) mass is 241 g/mol. The fraction of sp³-hybridized carbons (Fsp3) is 0.222. The molecule has 0 unspecified atom stereocenters. The zero-order valence-electron chi connectivity index (χ0n) is 7.63. The third-order valence-corrected chi connectivity index (χ3v) is 2.63. The number of halogens is 1. The van der Waals surface area contributed by atoms with Crippen molar-refractivity contribution in [1.29, 1.82) is 0 Å². The molecule has 0 aliphatic rings. The van der Waals surface area contributed by atoms with Crippen LogP contribution in [0.1, 0.15) is 5.56 Å². The maximum Gasteiger partial charge on any atom is 0.192 e. The molecule has 3 nitrogen and oxygen atoms in total. The highest BCUT2D eigenvalue weighted by molar-refractivity contribution is 9.10. The van der Waals surface area contributed by atoms with Gasteiger partial charge in [0.25, 0.3) is 0 Å². The average Bonchev–Trinajstić information content (AvgIpc) is 2.13. The maximum absolute atomic E-state index is 5.55. The summed E-state index contributed by atoms with van der Waals surface area (Å²) in [6.07, 6.45) is 0. The lowest BCUT2D eigenvalue weighted by atomic mass is 10.2. The lowest BCUT2D eigenvalue weighted by Gasteiger charge is -2.08. The Hall–Kier alpha value is -1.03. The van der Waals surface area contributed by atoms with Crippen LogP contribution < -0.4 is 11.1 Å². The van der Waals surface area contributed by atoms with Crippen molar-refractivity contribution in [3.8, 4) is 0 Å². The molecule has 0 atom stereocenters. The van der Waals surface area contributed by atoms with Crippen molar-refractivity contribution >= 4 is 27.6 Å². The number of nitrogens with two attached hydrogens (primary N) is 1. The quantitative estimate of drug-likeness (QED) is 0.585. The fourth-order valence-electron chi connectivity index (χ4n) is 0.937. The van der Waals surface area contributed by atoms with E-state index in [0.29, 0.717) is 5.96 Å². The molecule has 0 saturated carbocycles. The Morgan fingerprint density at radius 1 is 1.54 bits per heavy atom. The molecule has 0 aliphatic heterocycles. The first-order valence-electron chi connectivity index (χ1n) is 3.89. The molecule has 0 radical (unpaired) electrons. The molecule has 1 aromatic rings. The highest BCUT2D eigenvalue weighted by Crippen LogP contribution is 2.22. The van der Waals surface area contributed by atoms with Crippen LogP contribution in [0.15, 0.2) is 27.7 Å². The van der Waals surface area contributed by atoms with Gasteiger partial charge in [-0.1, -0.05) is 22.0 Å². The Bertz CT molecular complexity index is 334. The molecule has 1 rings (SSSR count). The van der Waals surface area contributed by atoms with Gasteiger partial charge in [0.2, 0.25) is 0 Å². The van der Waals surface area contributed by atoms with E-state index in [1.807, 2.05) is 25.1 Å². The van der Waals surface area contributed by atoms with E-state index in [1.165, 1.54) is 0 Å². The SMILES string of the molecule is CN=C(N)Nc1cccc(Br)c1C. The lowest BCUT2D eigenvalue weighted by Crippen LogP contribution is -2.22. The van der Waals surface area contributed by atoms with Gasteiger partial charge in [0, 0.05) is 17.2 Å². The number of nitrogens with one attached hydrogen (secondary N) is 1. The summed E-state index contributed by atoms with van der Waals surface area (Å²) in [6, 6.07) is 5.89. The van der Waals surface area contributed by atoms with E-state index in [-0.39, 0.29) is 0 Å². The smallest absolute Gasteiger partial charge is 0.192 e. The van der Waals surface area contributed by atoms with Gasteiger partial charge < -0.3 is 11.1 Å². The van der Waals surface area contributed by atoms with Crippen LogP contribution in [0.3, 0.4) is 0 Å². The van der Waals surface area contributed by atoms with E-state index in [0.717, 1.165) is 15.7 Å². The minimum atomic E-state index is 0.418. The Labute approximate surface area is 86.2 Å². The highest BCUT2D eigenvalue weighted by atomic mass is 79.9. The summed E-state index contributed by atoms with van der Waals surface area (Å²) in [4.78, 5) is 3.82. The summed E-state index contributed by atoms with van der Waals surface area (Å²) >= 11 is 3.44. The summed E-state index contributed by atoms with van der Waals surface area (Å²) in [6.45, 7) is 2.01. The summed E-state index contributed by atoms with van der Waals surface area (Å²) in [5, 5.41) is 3.00. The molecule has 0 aromatic heterocycles. The van der Waals surface area contributed by atoms with Crippen molar-refractivity contribution < 1.29 is 0 Å². The fourth-order valence-corrected chi connectivity index (χ4v) is 1.30. The zero-order chi connectivity index (χ0) is 9.84. The van der Waals surface area contributed by atoms with Crippen molar-refractivity contribution in [1.82, 2.24) is 0 Å². The predicted octanol–water partition coefficient (Wildman–Crippen LogP) is 2.11. The van der Waals surface area contributed by atoms with E-state index in [2.05, 4.69) is 26.2 Å². The van der Waals surface area contributed by atoms with Crippen LogP contribution in [0.4, 0.5) is 5.69 Å². The minimum Gasteiger partial charge on any atom is -0.370 e. The molecule has 3 N–H and O–H groups in total. The van der Waals surface area contributed by atoms with Crippen LogP contribution >= 0.6 is 15.9 Å². The maximum atomic E-state index is 5.55. The summed E-state index contributed by atoms with van der Waals surface area (Å²) in [5.41, 5.74) is 7.64. The number of benzene rings is 1. The third-order valence-electron chi connectivity index (χ3n) is 1.77. The van der Waals surface area contributed by atoms with E-state index in [4.69, 9.17) is 5.73 Å². The molecule has 4 heteroatoms. The van der Waals surface area contributed by atoms with Gasteiger partial charge in [-0.3, -0.25) is 4.99 Å². The number of guanidine groups is 1. The number of aliphatic imine (C=N–C) groups is 1. The van der Waals surface area contributed by atoms with Crippen molar-refractivity contribution in [2.75, 3.05) is 12.4 Å². The number of anilines is 1. The summed E-state index contributed by atoms with van der Waals surface area (Å²) < 4.78 is 1.06. The second kappa shape index (κ2) is 4.28. The van der Waals surface area contributed by atoms with Crippen LogP contribution in [0.5, 0.6) is 0 Å². The van der Waals surface area contributed by atoms with Gasteiger partial charge >= 0.3 is 0 Å². The van der Waals surface area contributed by atoms with Gasteiger partial charge in [-0.05, 0) is 24.6 Å². The van der Waals surface area contributed by atoms with Crippen molar-refractivity contribution in [3.05, 3.63) is 28.2 Å². The number of hydrogen-bond acceptors (Lipinski definition) is 1. The molecule has 0 saturated heterocycles. The minimum absolute atomic E-state index is 0.418. The Morgan fingerprint density at radius 3 is 2.85 bits per heavy atom. The van der Waals surface area contributed by atoms with E-state index in [1.54, 1.807) is 7.05 Å². The van der Waals surface area contributed by atoms with Gasteiger partial charge in [-0.25, -0.2) is 0 Å². The first kappa shape index (κ1) is 10.1. The first-order chi connectivity index (χ1) is 6.15. The number of nitrogens with zero attached hydrogens (tertiary/aromatic N) is 1. The summed E-state index contributed by atoms with van der Waals surface area (Å²) in [7, 11) is 1.65. The van der Waals surface area contributed by atoms with Gasteiger partial charge in [0.05, 0.1) is 0 Å². The number of hydrogen-bond donors (Lipinski definition) is 2. The molecular formula is C9H12BrN3. The zero-order valence-corrected chi connectivity index (χ0v) is 9.22. The molecule has 1 aromatic carbocycles. The second-order valence-corrected chi connectivity index (χ2v) is 3.50. The van der Waals surface area contributed by atoms with E-state index >= 15 is 0 Å². The van der Waals surface area contributed by atoms with Crippen molar-refractivity contribution in [3.63, 3.8) is 0 Å². The molecular weight excluding hydrogens is 230 g/mol. The second-order valence-electron chi connectivity index (χ2n) is 2.65. The Morgan fingerprint density at radius 2 is 2.23 bits per heavy atom. The molecule has 0 fully saturated rings.